The largest absolute Gasteiger partial charge is 0.330 e. The van der Waals surface area contributed by atoms with Crippen molar-refractivity contribution in [3.05, 3.63) is 29.1 Å². The first kappa shape index (κ1) is 8.21. The zero-order chi connectivity index (χ0) is 8.27. The number of hydrogen-bond acceptors (Lipinski definition) is 2. The third-order valence-corrected chi connectivity index (χ3v) is 1.96. The maximum Gasteiger partial charge on any atom is 0.0447 e. The fourth-order valence-electron chi connectivity index (χ4n) is 1.08. The molecule has 1 aromatic rings. The van der Waals surface area contributed by atoms with Crippen LogP contribution in [0.25, 0.3) is 0 Å². The highest BCUT2D eigenvalue weighted by Gasteiger charge is 1.99. The van der Waals surface area contributed by atoms with Crippen molar-refractivity contribution in [3.8, 4) is 0 Å². The van der Waals surface area contributed by atoms with E-state index < -0.39 is 0 Å². The van der Waals surface area contributed by atoms with Crippen LogP contribution in [-0.2, 0) is 6.42 Å². The van der Waals surface area contributed by atoms with Crippen molar-refractivity contribution in [2.45, 2.75) is 20.3 Å². The van der Waals surface area contributed by atoms with Gasteiger partial charge in [-0.15, -0.1) is 0 Å². The standard InChI is InChI=1S/C9H14N2/c1-7-4-6-11-9(3-5-10)8(7)2/h4,6H,3,5,10H2,1-2H3. The number of aromatic nitrogens is 1. The van der Waals surface area contributed by atoms with E-state index in [0.717, 1.165) is 12.1 Å². The van der Waals surface area contributed by atoms with Gasteiger partial charge in [0, 0.05) is 18.3 Å². The highest BCUT2D eigenvalue weighted by Crippen LogP contribution is 2.09. The Balaban J connectivity index is 2.96. The zero-order valence-corrected chi connectivity index (χ0v) is 7.09. The summed E-state index contributed by atoms with van der Waals surface area (Å²) in [6.45, 7) is 4.86. The number of aryl methyl sites for hydroxylation is 1. The molecule has 0 atom stereocenters. The van der Waals surface area contributed by atoms with Crippen molar-refractivity contribution < 1.29 is 0 Å². The molecule has 2 N–H and O–H groups in total. The highest BCUT2D eigenvalue weighted by atomic mass is 14.7. The monoisotopic (exact) mass is 150 g/mol. The lowest BCUT2D eigenvalue weighted by Gasteiger charge is -2.04. The van der Waals surface area contributed by atoms with E-state index in [1.165, 1.54) is 11.1 Å². The van der Waals surface area contributed by atoms with Crippen LogP contribution in [0.3, 0.4) is 0 Å². The molecule has 0 saturated carbocycles. The minimum Gasteiger partial charge on any atom is -0.330 e. The van der Waals surface area contributed by atoms with Crippen molar-refractivity contribution >= 4 is 0 Å². The van der Waals surface area contributed by atoms with Gasteiger partial charge in [0.25, 0.3) is 0 Å². The van der Waals surface area contributed by atoms with Gasteiger partial charge in [-0.25, -0.2) is 0 Å². The van der Waals surface area contributed by atoms with E-state index in [1.807, 2.05) is 12.3 Å². The second kappa shape index (κ2) is 3.49. The molecule has 11 heavy (non-hydrogen) atoms. The fourth-order valence-corrected chi connectivity index (χ4v) is 1.08. The van der Waals surface area contributed by atoms with Gasteiger partial charge in [-0.3, -0.25) is 4.98 Å². The third-order valence-electron chi connectivity index (χ3n) is 1.96. The Labute approximate surface area is 67.5 Å². The average molecular weight is 150 g/mol. The lowest BCUT2D eigenvalue weighted by Crippen LogP contribution is -2.06. The average Bonchev–Trinajstić information content (AvgIpc) is 1.99. The van der Waals surface area contributed by atoms with Gasteiger partial charge in [-0.2, -0.15) is 0 Å². The Morgan fingerprint density at radius 2 is 2.18 bits per heavy atom. The zero-order valence-electron chi connectivity index (χ0n) is 7.09. The molecule has 0 aliphatic heterocycles. The molecule has 0 unspecified atom stereocenters. The minimum atomic E-state index is 0.678. The van der Waals surface area contributed by atoms with Gasteiger partial charge in [0.1, 0.15) is 0 Å². The van der Waals surface area contributed by atoms with Gasteiger partial charge in [-0.05, 0) is 37.6 Å². The molecule has 60 valence electrons. The topological polar surface area (TPSA) is 38.9 Å². The predicted molar refractivity (Wildman–Crippen MR) is 46.5 cm³/mol. The summed E-state index contributed by atoms with van der Waals surface area (Å²) in [5.74, 6) is 0. The first-order chi connectivity index (χ1) is 5.25. The maximum atomic E-state index is 5.44. The third kappa shape index (κ3) is 1.77. The summed E-state index contributed by atoms with van der Waals surface area (Å²) in [5, 5.41) is 0. The van der Waals surface area contributed by atoms with Crippen molar-refractivity contribution in [2.24, 2.45) is 5.73 Å². The van der Waals surface area contributed by atoms with E-state index in [2.05, 4.69) is 18.8 Å². The molecule has 0 fully saturated rings. The van der Waals surface area contributed by atoms with Crippen LogP contribution in [0.5, 0.6) is 0 Å². The Bertz CT molecular complexity index is 243. The smallest absolute Gasteiger partial charge is 0.0447 e. The van der Waals surface area contributed by atoms with Gasteiger partial charge in [0.05, 0.1) is 0 Å². The number of rotatable bonds is 2. The van der Waals surface area contributed by atoms with E-state index in [0.29, 0.717) is 6.54 Å². The van der Waals surface area contributed by atoms with Gasteiger partial charge < -0.3 is 5.73 Å². The molecule has 0 radical (unpaired) electrons. The summed E-state index contributed by atoms with van der Waals surface area (Å²) in [6, 6.07) is 2.02. The number of nitrogens with two attached hydrogens (primary N) is 1. The second-order valence-electron chi connectivity index (χ2n) is 2.74. The van der Waals surface area contributed by atoms with E-state index in [9.17, 15) is 0 Å². The normalized spacial score (nSPS) is 10.1. The first-order valence-electron chi connectivity index (χ1n) is 3.87. The van der Waals surface area contributed by atoms with Crippen molar-refractivity contribution in [3.63, 3.8) is 0 Å². The summed E-state index contributed by atoms with van der Waals surface area (Å²) in [5.41, 5.74) is 9.14. The van der Waals surface area contributed by atoms with Crippen LogP contribution < -0.4 is 5.73 Å². The van der Waals surface area contributed by atoms with Crippen molar-refractivity contribution in [1.82, 2.24) is 4.98 Å². The molecule has 0 aromatic carbocycles. The quantitative estimate of drug-likeness (QED) is 0.688. The molecule has 0 aliphatic carbocycles. The van der Waals surface area contributed by atoms with E-state index in [-0.39, 0.29) is 0 Å². The lowest BCUT2D eigenvalue weighted by atomic mass is 10.1. The molecule has 1 heterocycles. The molecule has 0 spiro atoms. The predicted octanol–water partition coefficient (Wildman–Crippen LogP) is 1.20. The SMILES string of the molecule is Cc1ccnc(CCN)c1C. The molecule has 0 aliphatic rings. The Morgan fingerprint density at radius 1 is 1.45 bits per heavy atom. The fraction of sp³-hybridized carbons (Fsp3) is 0.444. The molecule has 0 saturated heterocycles. The summed E-state index contributed by atoms with van der Waals surface area (Å²) in [7, 11) is 0. The van der Waals surface area contributed by atoms with E-state index in [4.69, 9.17) is 5.73 Å². The maximum absolute atomic E-state index is 5.44. The molecule has 2 nitrogen and oxygen atoms in total. The molecule has 0 amide bonds. The summed E-state index contributed by atoms with van der Waals surface area (Å²) >= 11 is 0. The Hall–Kier alpha value is -0.890. The van der Waals surface area contributed by atoms with E-state index in [1.54, 1.807) is 0 Å². The molecule has 0 bridgehead atoms. The van der Waals surface area contributed by atoms with Crippen molar-refractivity contribution in [1.29, 1.82) is 0 Å². The first-order valence-corrected chi connectivity index (χ1v) is 3.87. The van der Waals surface area contributed by atoms with Crippen LogP contribution in [0, 0.1) is 13.8 Å². The molecular weight excluding hydrogens is 136 g/mol. The van der Waals surface area contributed by atoms with Crippen LogP contribution in [0.2, 0.25) is 0 Å². The number of pyridine rings is 1. The van der Waals surface area contributed by atoms with Gasteiger partial charge in [0.2, 0.25) is 0 Å². The van der Waals surface area contributed by atoms with Crippen LogP contribution in [0.15, 0.2) is 12.3 Å². The molecule has 1 rings (SSSR count). The van der Waals surface area contributed by atoms with Gasteiger partial charge in [-0.1, -0.05) is 0 Å². The number of hydrogen-bond donors (Lipinski definition) is 1. The summed E-state index contributed by atoms with van der Waals surface area (Å²) < 4.78 is 0. The second-order valence-corrected chi connectivity index (χ2v) is 2.74. The van der Waals surface area contributed by atoms with Crippen molar-refractivity contribution in [2.75, 3.05) is 6.54 Å². The summed E-state index contributed by atoms with van der Waals surface area (Å²) in [4.78, 5) is 4.25. The van der Waals surface area contributed by atoms with Gasteiger partial charge >= 0.3 is 0 Å². The molecule has 1 aromatic heterocycles. The minimum absolute atomic E-state index is 0.678. The number of nitrogens with zero attached hydrogens (tertiary/aromatic N) is 1. The summed E-state index contributed by atoms with van der Waals surface area (Å²) in [6.07, 6.45) is 2.72. The Kier molecular flexibility index (Phi) is 2.60. The lowest BCUT2D eigenvalue weighted by molar-refractivity contribution is 0.905. The highest BCUT2D eigenvalue weighted by molar-refractivity contribution is 5.27. The molecular formula is C9H14N2. The van der Waals surface area contributed by atoms with Crippen LogP contribution in [0.1, 0.15) is 16.8 Å². The van der Waals surface area contributed by atoms with E-state index >= 15 is 0 Å². The van der Waals surface area contributed by atoms with Crippen LogP contribution in [-0.4, -0.2) is 11.5 Å². The van der Waals surface area contributed by atoms with Crippen LogP contribution in [0.4, 0.5) is 0 Å². The Morgan fingerprint density at radius 3 is 2.82 bits per heavy atom. The van der Waals surface area contributed by atoms with Gasteiger partial charge in [0.15, 0.2) is 0 Å². The molecule has 2 heteroatoms. The van der Waals surface area contributed by atoms with Crippen LogP contribution >= 0.6 is 0 Å².